The first kappa shape index (κ1) is 17.5. The zero-order valence-corrected chi connectivity index (χ0v) is 14.9. The van der Waals surface area contributed by atoms with E-state index < -0.39 is 0 Å². The Balaban J connectivity index is 2.76. The van der Waals surface area contributed by atoms with E-state index in [0.29, 0.717) is 12.3 Å². The number of amides is 1. The number of carbonyl (C=O) groups is 1. The minimum atomic E-state index is -0.136. The van der Waals surface area contributed by atoms with E-state index in [2.05, 4.69) is 44.1 Å². The van der Waals surface area contributed by atoms with Crippen molar-refractivity contribution in [2.24, 2.45) is 5.73 Å². The second-order valence-corrected chi connectivity index (χ2v) is 6.21. The van der Waals surface area contributed by atoms with Crippen molar-refractivity contribution >= 4 is 37.8 Å². The van der Waals surface area contributed by atoms with Crippen molar-refractivity contribution in [1.82, 2.24) is 5.32 Å². The van der Waals surface area contributed by atoms with Crippen LogP contribution in [0.4, 0.5) is 0 Å². The van der Waals surface area contributed by atoms with E-state index in [1.807, 2.05) is 19.1 Å². The fraction of sp³-hybridized carbons (Fsp3) is 0.500. The van der Waals surface area contributed by atoms with Gasteiger partial charge in [0.05, 0.1) is 8.95 Å². The van der Waals surface area contributed by atoms with Gasteiger partial charge in [-0.05, 0) is 69.3 Å². The van der Waals surface area contributed by atoms with Gasteiger partial charge < -0.3 is 15.8 Å². The minimum Gasteiger partial charge on any atom is -0.481 e. The third kappa shape index (κ3) is 5.42. The molecule has 0 aromatic heterocycles. The monoisotopic (exact) mass is 406 g/mol. The molecular weight excluding hydrogens is 388 g/mol. The van der Waals surface area contributed by atoms with Crippen LogP contribution in [0.2, 0.25) is 0 Å². The topological polar surface area (TPSA) is 64.3 Å². The Morgan fingerprint density at radius 2 is 1.95 bits per heavy atom. The summed E-state index contributed by atoms with van der Waals surface area (Å²) >= 11 is 6.94. The maximum Gasteiger partial charge on any atom is 0.257 e. The Labute approximate surface area is 136 Å². The largest absolute Gasteiger partial charge is 0.481 e. The number of nitrogens with one attached hydrogen (secondary N) is 1. The zero-order valence-electron chi connectivity index (χ0n) is 11.7. The second kappa shape index (κ2) is 8.64. The molecule has 0 saturated carbocycles. The second-order valence-electron chi connectivity index (χ2n) is 4.50. The fourth-order valence-corrected chi connectivity index (χ4v) is 3.21. The highest BCUT2D eigenvalue weighted by Gasteiger charge is 2.12. The third-order valence-corrected chi connectivity index (χ3v) is 3.98. The molecule has 0 fully saturated rings. The van der Waals surface area contributed by atoms with Gasteiger partial charge in [-0.3, -0.25) is 4.79 Å². The summed E-state index contributed by atoms with van der Waals surface area (Å²) in [5.74, 6) is 0.494. The third-order valence-electron chi connectivity index (χ3n) is 2.80. The molecule has 0 aliphatic heterocycles. The molecule has 112 valence electrons. The van der Waals surface area contributed by atoms with Gasteiger partial charge in [-0.1, -0.05) is 6.92 Å². The number of likely N-dealkylation sites (N-methyl/N-ethyl adjacent to an activating group) is 1. The van der Waals surface area contributed by atoms with Crippen LogP contribution in [0.1, 0.15) is 25.8 Å². The minimum absolute atomic E-state index is 0.00113. The first-order valence-electron chi connectivity index (χ1n) is 6.60. The molecule has 0 radical (unpaired) electrons. The van der Waals surface area contributed by atoms with Gasteiger partial charge in [0.2, 0.25) is 0 Å². The lowest BCUT2D eigenvalue weighted by Crippen LogP contribution is -2.28. The number of hydrogen-bond donors (Lipinski definition) is 2. The Kier molecular flexibility index (Phi) is 7.55. The molecular formula is C14H20Br2N2O2. The van der Waals surface area contributed by atoms with Crippen LogP contribution in [0.25, 0.3) is 0 Å². The lowest BCUT2D eigenvalue weighted by molar-refractivity contribution is -0.123. The highest BCUT2D eigenvalue weighted by Crippen LogP contribution is 2.35. The van der Waals surface area contributed by atoms with Crippen LogP contribution in [0.15, 0.2) is 21.1 Å². The number of hydrogen-bond acceptors (Lipinski definition) is 3. The van der Waals surface area contributed by atoms with Crippen LogP contribution in [0.5, 0.6) is 5.75 Å². The number of nitrogens with two attached hydrogens (primary N) is 1. The van der Waals surface area contributed by atoms with Gasteiger partial charge in [-0.2, -0.15) is 0 Å². The molecule has 3 N–H and O–H groups in total. The predicted molar refractivity (Wildman–Crippen MR) is 88.0 cm³/mol. The van der Waals surface area contributed by atoms with E-state index in [4.69, 9.17) is 10.5 Å². The predicted octanol–water partition coefficient (Wildman–Crippen LogP) is 3.01. The molecule has 1 aromatic carbocycles. The van der Waals surface area contributed by atoms with Gasteiger partial charge in [0.25, 0.3) is 5.91 Å². The molecule has 0 bridgehead atoms. The zero-order chi connectivity index (χ0) is 15.1. The van der Waals surface area contributed by atoms with Crippen molar-refractivity contribution in [3.8, 4) is 5.75 Å². The Bertz CT molecular complexity index is 443. The Morgan fingerprint density at radius 3 is 2.45 bits per heavy atom. The molecule has 0 saturated heterocycles. The number of benzene rings is 1. The van der Waals surface area contributed by atoms with Gasteiger partial charge in [0, 0.05) is 12.6 Å². The van der Waals surface area contributed by atoms with Crippen LogP contribution < -0.4 is 15.8 Å². The molecule has 0 spiro atoms. The van der Waals surface area contributed by atoms with Crippen LogP contribution in [0.3, 0.4) is 0 Å². The summed E-state index contributed by atoms with van der Waals surface area (Å²) in [6.07, 6.45) is 1.75. The van der Waals surface area contributed by atoms with Crippen molar-refractivity contribution < 1.29 is 9.53 Å². The van der Waals surface area contributed by atoms with Gasteiger partial charge in [0.1, 0.15) is 5.75 Å². The van der Waals surface area contributed by atoms with Gasteiger partial charge in [0.15, 0.2) is 6.61 Å². The normalized spacial score (nSPS) is 12.1. The first-order valence-corrected chi connectivity index (χ1v) is 8.19. The molecule has 1 amide bonds. The summed E-state index contributed by atoms with van der Waals surface area (Å²) in [4.78, 5) is 11.4. The maximum absolute atomic E-state index is 11.4. The van der Waals surface area contributed by atoms with E-state index >= 15 is 0 Å². The lowest BCUT2D eigenvalue weighted by Gasteiger charge is -2.14. The number of halogens is 2. The highest BCUT2D eigenvalue weighted by molar-refractivity contribution is 9.11. The molecule has 1 unspecified atom stereocenters. The number of carbonyl (C=O) groups excluding carboxylic acids is 1. The summed E-state index contributed by atoms with van der Waals surface area (Å²) < 4.78 is 7.16. The van der Waals surface area contributed by atoms with Crippen molar-refractivity contribution in [1.29, 1.82) is 0 Å². The van der Waals surface area contributed by atoms with E-state index in [1.54, 1.807) is 0 Å². The molecule has 0 aliphatic rings. The summed E-state index contributed by atoms with van der Waals surface area (Å²) in [5.41, 5.74) is 7.09. The van der Waals surface area contributed by atoms with E-state index in [0.717, 1.165) is 27.4 Å². The summed E-state index contributed by atoms with van der Waals surface area (Å²) in [7, 11) is 0. The smallest absolute Gasteiger partial charge is 0.257 e. The Hall–Kier alpha value is -0.590. The fourth-order valence-electron chi connectivity index (χ4n) is 1.70. The van der Waals surface area contributed by atoms with Crippen molar-refractivity contribution in [2.75, 3.05) is 13.2 Å². The molecule has 0 aliphatic carbocycles. The number of rotatable bonds is 7. The molecule has 1 atom stereocenters. The van der Waals surface area contributed by atoms with Crippen LogP contribution in [0, 0.1) is 0 Å². The summed E-state index contributed by atoms with van der Waals surface area (Å²) in [6, 6.07) is 4.11. The van der Waals surface area contributed by atoms with Crippen LogP contribution >= 0.6 is 31.9 Å². The van der Waals surface area contributed by atoms with Crippen LogP contribution in [-0.2, 0) is 11.2 Å². The molecule has 1 rings (SSSR count). The highest BCUT2D eigenvalue weighted by atomic mass is 79.9. The lowest BCUT2D eigenvalue weighted by atomic mass is 10.0. The SMILES string of the molecule is CCNC(=O)COc1c(Br)cc(CC(N)CC)cc1Br. The van der Waals surface area contributed by atoms with E-state index in [-0.39, 0.29) is 18.6 Å². The molecule has 1 aromatic rings. The van der Waals surface area contributed by atoms with Crippen molar-refractivity contribution in [2.45, 2.75) is 32.7 Å². The standard InChI is InChI=1S/C14H20Br2N2O2/c1-3-10(17)5-9-6-11(15)14(12(16)7-9)20-8-13(19)18-4-2/h6-7,10H,3-5,8,17H2,1-2H3,(H,18,19). The maximum atomic E-state index is 11.4. The Morgan fingerprint density at radius 1 is 1.35 bits per heavy atom. The van der Waals surface area contributed by atoms with Crippen molar-refractivity contribution in [3.63, 3.8) is 0 Å². The van der Waals surface area contributed by atoms with Gasteiger partial charge in [-0.25, -0.2) is 0 Å². The molecule has 20 heavy (non-hydrogen) atoms. The van der Waals surface area contributed by atoms with Gasteiger partial charge >= 0.3 is 0 Å². The quantitative estimate of drug-likeness (QED) is 0.730. The average Bonchev–Trinajstić information content (AvgIpc) is 2.37. The molecule has 0 heterocycles. The summed E-state index contributed by atoms with van der Waals surface area (Å²) in [5, 5.41) is 2.69. The van der Waals surface area contributed by atoms with Crippen LogP contribution in [-0.4, -0.2) is 25.1 Å². The van der Waals surface area contributed by atoms with E-state index in [1.165, 1.54) is 0 Å². The molecule has 4 nitrogen and oxygen atoms in total. The van der Waals surface area contributed by atoms with E-state index in [9.17, 15) is 4.79 Å². The first-order chi connectivity index (χ1) is 9.47. The summed E-state index contributed by atoms with van der Waals surface area (Å²) in [6.45, 7) is 4.53. The molecule has 6 heteroatoms. The number of ether oxygens (including phenoxy) is 1. The average molecular weight is 408 g/mol. The van der Waals surface area contributed by atoms with Gasteiger partial charge in [-0.15, -0.1) is 0 Å². The van der Waals surface area contributed by atoms with Crippen molar-refractivity contribution in [3.05, 3.63) is 26.6 Å².